The van der Waals surface area contributed by atoms with E-state index < -0.39 is 5.60 Å². The Balaban J connectivity index is 1.38. The number of hydrogen-bond acceptors (Lipinski definition) is 7. The second kappa shape index (κ2) is 9.82. The van der Waals surface area contributed by atoms with Crippen LogP contribution in [-0.4, -0.2) is 98.9 Å². The lowest BCUT2D eigenvalue weighted by atomic mass is 9.82. The largest absolute Gasteiger partial charge is 0.496 e. The summed E-state index contributed by atoms with van der Waals surface area (Å²) in [4.78, 5) is 44.4. The first-order chi connectivity index (χ1) is 16.2. The number of likely N-dealkylation sites (tertiary alicyclic amines) is 2. The number of carbonyl (C=O) groups is 3. The molecule has 2 amide bonds. The summed E-state index contributed by atoms with van der Waals surface area (Å²) in [6.45, 7) is 3.11. The maximum atomic E-state index is 13.2. The first-order valence-electron chi connectivity index (χ1n) is 11.9. The molecule has 0 aliphatic carbocycles. The summed E-state index contributed by atoms with van der Waals surface area (Å²) < 4.78 is 17.1. The highest BCUT2D eigenvalue weighted by molar-refractivity contribution is 6.03. The summed E-state index contributed by atoms with van der Waals surface area (Å²) in [7, 11) is 7.10. The monoisotopic (exact) mass is 473 g/mol. The first-order valence-corrected chi connectivity index (χ1v) is 11.9. The minimum atomic E-state index is -0.637. The number of benzene rings is 1. The van der Waals surface area contributed by atoms with Crippen molar-refractivity contribution >= 4 is 17.6 Å². The van der Waals surface area contributed by atoms with Gasteiger partial charge < -0.3 is 28.9 Å². The van der Waals surface area contributed by atoms with E-state index in [0.29, 0.717) is 61.8 Å². The predicted molar refractivity (Wildman–Crippen MR) is 126 cm³/mol. The van der Waals surface area contributed by atoms with Crippen LogP contribution in [0.3, 0.4) is 0 Å². The summed E-state index contributed by atoms with van der Waals surface area (Å²) >= 11 is 0. The number of fused-ring (bicyclic) bond motifs is 1. The minimum absolute atomic E-state index is 0.0183. The Morgan fingerprint density at radius 1 is 1.18 bits per heavy atom. The van der Waals surface area contributed by atoms with E-state index in [9.17, 15) is 14.4 Å². The normalized spacial score (nSPS) is 21.6. The van der Waals surface area contributed by atoms with Crippen LogP contribution in [0, 0.1) is 5.92 Å². The standard InChI is InChI=1S/C25H35N3O6/c1-26(2)8-5-9-28-16-17(12-22(28)30)24(31)27-10-6-25(7-11-27)15-19(29)23-20(33-4)13-18(32-3)14-21(23)34-25/h13-14,17H,5-12,15-16H2,1-4H3. The third-order valence-electron chi connectivity index (χ3n) is 7.17. The molecule has 2 fully saturated rings. The quantitative estimate of drug-likeness (QED) is 0.597. The van der Waals surface area contributed by atoms with Gasteiger partial charge in [-0.3, -0.25) is 14.4 Å². The van der Waals surface area contributed by atoms with Crippen LogP contribution in [0.1, 0.15) is 42.5 Å². The first kappa shape index (κ1) is 24.3. The molecule has 1 unspecified atom stereocenters. The van der Waals surface area contributed by atoms with E-state index in [-0.39, 0.29) is 36.4 Å². The van der Waals surface area contributed by atoms with Crippen molar-refractivity contribution in [3.05, 3.63) is 17.7 Å². The Bertz CT molecular complexity index is 954. The minimum Gasteiger partial charge on any atom is -0.496 e. The highest BCUT2D eigenvalue weighted by Crippen LogP contribution is 2.45. The molecule has 0 saturated carbocycles. The molecule has 186 valence electrons. The molecule has 1 atom stereocenters. The number of hydrogen-bond donors (Lipinski definition) is 0. The van der Waals surface area contributed by atoms with E-state index in [2.05, 4.69) is 4.90 Å². The fourth-order valence-electron chi connectivity index (χ4n) is 5.25. The van der Waals surface area contributed by atoms with Crippen LogP contribution in [0.5, 0.6) is 17.2 Å². The van der Waals surface area contributed by atoms with Crippen LogP contribution in [-0.2, 0) is 9.59 Å². The Morgan fingerprint density at radius 3 is 2.56 bits per heavy atom. The molecule has 3 heterocycles. The lowest BCUT2D eigenvalue weighted by Gasteiger charge is -2.44. The Hall–Kier alpha value is -2.81. The second-order valence-corrected chi connectivity index (χ2v) is 9.81. The van der Waals surface area contributed by atoms with Gasteiger partial charge in [-0.1, -0.05) is 0 Å². The summed E-state index contributed by atoms with van der Waals surface area (Å²) in [5, 5.41) is 0. The zero-order valence-electron chi connectivity index (χ0n) is 20.6. The number of methoxy groups -OCH3 is 2. The number of ether oxygens (including phenoxy) is 3. The topological polar surface area (TPSA) is 88.6 Å². The lowest BCUT2D eigenvalue weighted by Crippen LogP contribution is -2.53. The lowest BCUT2D eigenvalue weighted by molar-refractivity contribution is -0.139. The van der Waals surface area contributed by atoms with Crippen molar-refractivity contribution in [1.29, 1.82) is 0 Å². The molecule has 34 heavy (non-hydrogen) atoms. The van der Waals surface area contributed by atoms with Crippen molar-refractivity contribution in [2.24, 2.45) is 5.92 Å². The van der Waals surface area contributed by atoms with E-state index in [1.807, 2.05) is 23.9 Å². The van der Waals surface area contributed by atoms with Crippen molar-refractivity contribution < 1.29 is 28.6 Å². The SMILES string of the molecule is COc1cc(OC)c2c(c1)OC1(CCN(C(=O)C3CC(=O)N(CCCN(C)C)C3)CC1)CC2=O. The van der Waals surface area contributed by atoms with Crippen molar-refractivity contribution in [2.75, 3.05) is 61.0 Å². The average Bonchev–Trinajstić information content (AvgIpc) is 3.18. The summed E-state index contributed by atoms with van der Waals surface area (Å²) in [5.74, 6) is 1.27. The molecule has 0 radical (unpaired) electrons. The molecule has 3 aliphatic heterocycles. The predicted octanol–water partition coefficient (Wildman–Crippen LogP) is 1.83. The van der Waals surface area contributed by atoms with E-state index in [0.717, 1.165) is 13.0 Å². The maximum absolute atomic E-state index is 13.2. The Morgan fingerprint density at radius 2 is 1.91 bits per heavy atom. The number of amides is 2. The molecule has 1 aromatic carbocycles. The molecular formula is C25H35N3O6. The van der Waals surface area contributed by atoms with Crippen LogP contribution in [0.2, 0.25) is 0 Å². The summed E-state index contributed by atoms with van der Waals surface area (Å²) in [6.07, 6.45) is 2.57. The molecule has 1 aromatic rings. The third kappa shape index (κ3) is 4.85. The van der Waals surface area contributed by atoms with Crippen molar-refractivity contribution in [1.82, 2.24) is 14.7 Å². The van der Waals surface area contributed by atoms with Gasteiger partial charge in [-0.25, -0.2) is 0 Å². The molecule has 1 spiro atoms. The van der Waals surface area contributed by atoms with E-state index in [1.165, 1.54) is 7.11 Å². The number of ketones is 1. The van der Waals surface area contributed by atoms with Crippen molar-refractivity contribution in [3.8, 4) is 17.2 Å². The number of piperidine rings is 1. The molecular weight excluding hydrogens is 438 g/mol. The zero-order valence-corrected chi connectivity index (χ0v) is 20.6. The van der Waals surface area contributed by atoms with Crippen molar-refractivity contribution in [3.63, 3.8) is 0 Å². The second-order valence-electron chi connectivity index (χ2n) is 9.81. The highest BCUT2D eigenvalue weighted by atomic mass is 16.5. The Labute approximate surface area is 200 Å². The van der Waals surface area contributed by atoms with Gasteiger partial charge >= 0.3 is 0 Å². The molecule has 4 rings (SSSR count). The van der Waals surface area contributed by atoms with Gasteiger partial charge in [0, 0.05) is 57.6 Å². The fourth-order valence-corrected chi connectivity index (χ4v) is 5.25. The fraction of sp³-hybridized carbons (Fsp3) is 0.640. The van der Waals surface area contributed by atoms with Gasteiger partial charge in [0.1, 0.15) is 28.4 Å². The van der Waals surface area contributed by atoms with Crippen LogP contribution in [0.4, 0.5) is 0 Å². The number of nitrogens with zero attached hydrogens (tertiary/aromatic N) is 3. The average molecular weight is 474 g/mol. The molecule has 0 N–H and O–H groups in total. The molecule has 9 nitrogen and oxygen atoms in total. The molecule has 2 saturated heterocycles. The summed E-state index contributed by atoms with van der Waals surface area (Å²) in [5.41, 5.74) is -0.187. The smallest absolute Gasteiger partial charge is 0.227 e. The van der Waals surface area contributed by atoms with Gasteiger partial charge in [0.05, 0.1) is 26.6 Å². The van der Waals surface area contributed by atoms with Crippen LogP contribution in [0.15, 0.2) is 12.1 Å². The van der Waals surface area contributed by atoms with Crippen LogP contribution in [0.25, 0.3) is 0 Å². The van der Waals surface area contributed by atoms with Crippen LogP contribution >= 0.6 is 0 Å². The molecule has 9 heteroatoms. The van der Waals surface area contributed by atoms with E-state index in [1.54, 1.807) is 19.2 Å². The van der Waals surface area contributed by atoms with Gasteiger partial charge in [-0.2, -0.15) is 0 Å². The zero-order chi connectivity index (χ0) is 24.5. The van der Waals surface area contributed by atoms with E-state index >= 15 is 0 Å². The number of rotatable bonds is 7. The van der Waals surface area contributed by atoms with Gasteiger partial charge in [-0.05, 0) is 27.1 Å². The van der Waals surface area contributed by atoms with Gasteiger partial charge in [-0.15, -0.1) is 0 Å². The van der Waals surface area contributed by atoms with Gasteiger partial charge in [0.25, 0.3) is 0 Å². The molecule has 3 aliphatic rings. The maximum Gasteiger partial charge on any atom is 0.227 e. The molecule has 0 aromatic heterocycles. The van der Waals surface area contributed by atoms with Gasteiger partial charge in [0.15, 0.2) is 5.78 Å². The van der Waals surface area contributed by atoms with Crippen molar-refractivity contribution in [2.45, 2.75) is 37.7 Å². The Kier molecular flexibility index (Phi) is 7.02. The number of carbonyl (C=O) groups excluding carboxylic acids is 3. The summed E-state index contributed by atoms with van der Waals surface area (Å²) in [6, 6.07) is 3.41. The van der Waals surface area contributed by atoms with E-state index in [4.69, 9.17) is 14.2 Å². The third-order valence-corrected chi connectivity index (χ3v) is 7.17. The van der Waals surface area contributed by atoms with Gasteiger partial charge in [0.2, 0.25) is 11.8 Å². The highest BCUT2D eigenvalue weighted by Gasteiger charge is 2.46. The molecule has 0 bridgehead atoms. The van der Waals surface area contributed by atoms with Crippen LogP contribution < -0.4 is 14.2 Å². The number of Topliss-reactive ketones (excluding diaryl/α,β-unsaturated/α-hetero) is 1.